The molecular weight excluding hydrogens is 1380 g/mol. The Balaban J connectivity index is 0.000000113. The third kappa shape index (κ3) is 25.6. The van der Waals surface area contributed by atoms with Gasteiger partial charge in [-0.05, 0) is 333 Å². The largest absolute Gasteiger partial charge is 0.481 e. The first-order chi connectivity index (χ1) is 53.8. The predicted molar refractivity (Wildman–Crippen MR) is 449 cm³/mol. The average Bonchev–Trinajstić information content (AvgIpc) is 1.16. The van der Waals surface area contributed by atoms with Crippen LogP contribution in [0, 0.1) is 47.3 Å². The molecule has 0 aromatic rings. The Bertz CT molecular complexity index is 2340. The molecule has 632 valence electrons. The van der Waals surface area contributed by atoms with Crippen molar-refractivity contribution in [2.24, 2.45) is 58.8 Å². The van der Waals surface area contributed by atoms with Gasteiger partial charge in [-0.2, -0.15) is 0 Å². The van der Waals surface area contributed by atoms with E-state index in [1.54, 1.807) is 0 Å². The molecule has 12 N–H and O–H groups in total. The molecule has 0 aliphatic carbocycles. The lowest BCUT2D eigenvalue weighted by Crippen LogP contribution is -2.62. The normalized spacial score (nSPS) is 40.7. The van der Waals surface area contributed by atoms with Crippen molar-refractivity contribution in [2.45, 2.75) is 272 Å². The van der Waals surface area contributed by atoms with E-state index in [9.17, 15) is 15.0 Å². The van der Waals surface area contributed by atoms with Gasteiger partial charge in [0.15, 0.2) is 0 Å². The number of fused-ring (bicyclic) bond motifs is 22. The molecule has 22 nitrogen and oxygen atoms in total. The molecule has 13 unspecified atom stereocenters. The lowest BCUT2D eigenvalue weighted by atomic mass is 9.76. The lowest BCUT2D eigenvalue weighted by Gasteiger charge is -2.48. The van der Waals surface area contributed by atoms with Crippen molar-refractivity contribution in [3.63, 3.8) is 0 Å². The van der Waals surface area contributed by atoms with Crippen LogP contribution in [0.3, 0.4) is 0 Å². The van der Waals surface area contributed by atoms with Crippen LogP contribution in [-0.4, -0.2) is 363 Å². The van der Waals surface area contributed by atoms with Gasteiger partial charge in [-0.1, -0.05) is 31.4 Å². The van der Waals surface area contributed by atoms with E-state index in [2.05, 4.69) is 108 Å². The standard InChI is InChI=1S/C10H18N2.C10H17NO.C9H17N.C8H16N2.C8H13NO2.C8H15NO.C7H15N3.2C7H14N2.C7H13NO.C7H13N/c1-2-8-7-12-4-3-9(8)5-10(12)6-11;1-2-8-6-11-4-3-9(8)5-10(11)7-12;1-3-7-10-8-4-2-6-9(10)5-1;1-2-5-10-6-4-9-7-8(10)3-1;10-8(11)7-5-9-3-1-6(7)2-4-9;1-9-6-2-3-7(9)5-8(10)4-6;1-3-8-7-9-4-2-6-10(7)5-1;8-7-5-9-3-1-6(7)2-4-9;1-2-7-6-8-3-5-9(7)4-1;9-7-5-8-3-1-6(7)2-4-8;1-3-7-4-2-6-8(7)5-1/h2,8-10H,1,3-7,11H2;2,8-10,12H,1,3-7H2;9H,1-8H2;8-9H,1-7H2;6-7H,1-5H2,(H,10,11);6-8,10H,2-5H2,1H3;7-9H,1-6H2;6-7H,1-5,8H2;7-8H,1-6H2;6-7,9H,1-5H2;7H,1-6H2/t2*8?,9?,10-;;;;;;;;;/m11........./s1. The maximum absolute atomic E-state index is 10.7. The Hall–Kier alpha value is -1.85. The van der Waals surface area contributed by atoms with Crippen molar-refractivity contribution in [1.29, 1.82) is 0 Å². The zero-order valence-corrected chi connectivity index (χ0v) is 69.7. The second-order valence-corrected chi connectivity index (χ2v) is 38.0. The molecule has 0 aromatic heterocycles. The highest BCUT2D eigenvalue weighted by Gasteiger charge is 2.43. The molecule has 110 heavy (non-hydrogen) atoms. The number of nitrogens with two attached hydrogens (primary N) is 2. The summed E-state index contributed by atoms with van der Waals surface area (Å²) in [5.74, 6) is 4.38. The molecule has 0 saturated carbocycles. The number of nitrogens with one attached hydrogen (secondary N) is 4. The quantitative estimate of drug-likeness (QED) is 0.139. The number of carbonyl (C=O) groups is 1. The van der Waals surface area contributed by atoms with Crippen LogP contribution in [0.2, 0.25) is 0 Å². The van der Waals surface area contributed by atoms with E-state index in [1.165, 1.54) is 324 Å². The molecule has 22 heteroatoms. The maximum Gasteiger partial charge on any atom is 0.308 e. The second kappa shape index (κ2) is 45.9. The highest BCUT2D eigenvalue weighted by atomic mass is 16.4. The number of hydrogen-bond donors (Lipinski definition) is 10. The topological polar surface area (TPSA) is 234 Å². The van der Waals surface area contributed by atoms with Crippen LogP contribution >= 0.6 is 0 Å². The molecule has 0 radical (unpaired) electrons. The van der Waals surface area contributed by atoms with Crippen LogP contribution in [0.15, 0.2) is 25.3 Å². The maximum atomic E-state index is 10.7. The summed E-state index contributed by atoms with van der Waals surface area (Å²) in [6.07, 6.45) is 46.3. The van der Waals surface area contributed by atoms with E-state index in [4.69, 9.17) is 21.7 Å². The fourth-order valence-electron chi connectivity index (χ4n) is 24.1. The minimum absolute atomic E-state index is 0.00583. The van der Waals surface area contributed by atoms with Crippen molar-refractivity contribution in [3.8, 4) is 0 Å². The predicted octanol–water partition coefficient (Wildman–Crippen LogP) is 6.17. The number of piperazine rings is 2. The zero-order chi connectivity index (χ0) is 76.6. The van der Waals surface area contributed by atoms with E-state index in [-0.39, 0.29) is 18.1 Å². The smallest absolute Gasteiger partial charge is 0.308 e. The third-order valence-electron chi connectivity index (χ3n) is 31.2. The molecule has 15 atom stereocenters. The van der Waals surface area contributed by atoms with E-state index < -0.39 is 5.97 Å². The lowest BCUT2D eigenvalue weighted by molar-refractivity contribution is -0.148. The first-order valence-corrected chi connectivity index (χ1v) is 46.7. The minimum Gasteiger partial charge on any atom is -0.481 e. The summed E-state index contributed by atoms with van der Waals surface area (Å²) in [6.45, 7) is 44.5. The first kappa shape index (κ1) is 87.5. The van der Waals surface area contributed by atoms with E-state index >= 15 is 0 Å². The Morgan fingerprint density at radius 2 is 0.827 bits per heavy atom. The molecule has 0 spiro atoms. The number of nitrogens with zero attached hydrogens (tertiary/aromatic N) is 11. The third-order valence-corrected chi connectivity index (χ3v) is 31.2. The molecule has 27 saturated heterocycles. The molecule has 27 aliphatic rings. The Labute approximate surface area is 669 Å². The number of aliphatic hydroxyl groups is 3. The average molecular weight is 1540 g/mol. The van der Waals surface area contributed by atoms with Gasteiger partial charge in [-0.15, -0.1) is 13.2 Å². The van der Waals surface area contributed by atoms with Crippen LogP contribution in [0.25, 0.3) is 0 Å². The Kier molecular flexibility index (Phi) is 36.5. The van der Waals surface area contributed by atoms with Crippen molar-refractivity contribution >= 4 is 5.97 Å². The van der Waals surface area contributed by atoms with Crippen LogP contribution in [0.4, 0.5) is 0 Å². The van der Waals surface area contributed by atoms with Gasteiger partial charge < -0.3 is 71.9 Å². The van der Waals surface area contributed by atoms with Gasteiger partial charge in [-0.3, -0.25) is 39.9 Å². The molecule has 27 heterocycles. The number of aliphatic carboxylic acids is 1. The van der Waals surface area contributed by atoms with Gasteiger partial charge in [0, 0.05) is 146 Å². The number of piperidine rings is 19. The second-order valence-electron chi connectivity index (χ2n) is 38.0. The minimum atomic E-state index is -0.598. The van der Waals surface area contributed by atoms with Crippen molar-refractivity contribution in [1.82, 2.24) is 75.2 Å². The summed E-state index contributed by atoms with van der Waals surface area (Å²) in [7, 11) is 2.19. The Morgan fingerprint density at radius 1 is 0.409 bits per heavy atom. The highest BCUT2D eigenvalue weighted by molar-refractivity contribution is 5.71. The number of rotatable bonds is 5. The number of hydrogen-bond acceptors (Lipinski definition) is 21. The van der Waals surface area contributed by atoms with Crippen LogP contribution < -0.4 is 32.7 Å². The summed E-state index contributed by atoms with van der Waals surface area (Å²) < 4.78 is 0. The fraction of sp³-hybridized carbons (Fsp3) is 0.943. The van der Waals surface area contributed by atoms with Gasteiger partial charge in [0.1, 0.15) is 6.29 Å². The van der Waals surface area contributed by atoms with E-state index in [0.717, 1.165) is 119 Å². The summed E-state index contributed by atoms with van der Waals surface area (Å²) in [6, 6.07) is 6.74. The van der Waals surface area contributed by atoms with Gasteiger partial charge in [0.05, 0.1) is 24.7 Å². The Morgan fingerprint density at radius 3 is 1.17 bits per heavy atom. The van der Waals surface area contributed by atoms with Crippen LogP contribution in [0.5, 0.6) is 0 Å². The molecule has 0 aromatic carbocycles. The molecule has 12 bridgehead atoms. The summed E-state index contributed by atoms with van der Waals surface area (Å²) >= 11 is 0. The van der Waals surface area contributed by atoms with E-state index in [0.29, 0.717) is 60.9 Å². The molecule has 27 fully saturated rings. The monoisotopic (exact) mass is 1540 g/mol. The number of carboxylic acids is 1. The summed E-state index contributed by atoms with van der Waals surface area (Å²) in [4.78, 5) is 38.3. The van der Waals surface area contributed by atoms with Crippen molar-refractivity contribution in [3.05, 3.63) is 25.3 Å². The van der Waals surface area contributed by atoms with Gasteiger partial charge in [0.2, 0.25) is 0 Å². The SMILES string of the molecule is C1CC2CCCN2C1.C1CC2CNCCN2C1.C1CCN2CCCCC2C1.C1CCN2CCNCC2C1.C1CNC2NCCCN2C1.C=CC1CN2CCC1C[C@@H]2CN.C=CC1CN2CCC1C[C@@H]2CO.CN1C2CCC1CC(O)C2.NC1CN2CCC1CC2.O=C(O)C1CN2CCC1CC2.OC1CN2CCC1CC2. The molecule has 27 aliphatic heterocycles. The van der Waals surface area contributed by atoms with Crippen molar-refractivity contribution in [2.75, 3.05) is 210 Å². The fourth-order valence-corrected chi connectivity index (χ4v) is 24.1. The van der Waals surface area contributed by atoms with Gasteiger partial charge in [-0.25, -0.2) is 0 Å². The van der Waals surface area contributed by atoms with E-state index in [1.807, 2.05) is 0 Å². The summed E-state index contributed by atoms with van der Waals surface area (Å²) in [5.41, 5.74) is 11.6. The van der Waals surface area contributed by atoms with Crippen LogP contribution in [-0.2, 0) is 4.79 Å². The highest BCUT2D eigenvalue weighted by Crippen LogP contribution is 2.39. The molecule has 27 rings (SSSR count). The first-order valence-electron chi connectivity index (χ1n) is 46.7. The van der Waals surface area contributed by atoms with Crippen LogP contribution in [0.1, 0.15) is 199 Å². The summed E-state index contributed by atoms with van der Waals surface area (Å²) in [5, 5.41) is 50.4. The van der Waals surface area contributed by atoms with Gasteiger partial charge in [0.25, 0.3) is 0 Å². The number of aliphatic hydroxyl groups excluding tert-OH is 3. The van der Waals surface area contributed by atoms with Gasteiger partial charge >= 0.3 is 5.97 Å². The van der Waals surface area contributed by atoms with Crippen molar-refractivity contribution < 1.29 is 25.2 Å². The molecular formula is C88H165N17O5. The molecule has 0 amide bonds. The zero-order valence-electron chi connectivity index (χ0n) is 69.7. The number of carboxylic acid groups (broad SMARTS) is 1.